The van der Waals surface area contributed by atoms with E-state index in [9.17, 15) is 18.8 Å². The van der Waals surface area contributed by atoms with Crippen LogP contribution in [0.5, 0.6) is 0 Å². The molecule has 0 heterocycles. The Kier molecular flexibility index (Phi) is 10.8. The van der Waals surface area contributed by atoms with Gasteiger partial charge in [-0.3, -0.25) is 14.4 Å². The highest BCUT2D eigenvalue weighted by Gasteiger charge is 2.23. The van der Waals surface area contributed by atoms with Crippen molar-refractivity contribution in [2.75, 3.05) is 29.6 Å². The monoisotopic (exact) mass is 644 g/mol. The van der Waals surface area contributed by atoms with Gasteiger partial charge < -0.3 is 20.9 Å². The van der Waals surface area contributed by atoms with E-state index in [1.807, 2.05) is 85.7 Å². The van der Waals surface area contributed by atoms with Crippen molar-refractivity contribution in [2.45, 2.75) is 10.1 Å². The molecule has 0 radical (unpaired) electrons. The minimum absolute atomic E-state index is 0.0651. The summed E-state index contributed by atoms with van der Waals surface area (Å²) in [5, 5.41) is 7.89. The highest BCUT2D eigenvalue weighted by atomic mass is 32.2. The van der Waals surface area contributed by atoms with Crippen LogP contribution in [-0.4, -0.2) is 31.8 Å². The summed E-state index contributed by atoms with van der Waals surface area (Å²) in [6.07, 6.45) is 1.62. The summed E-state index contributed by atoms with van der Waals surface area (Å²) in [6.45, 7) is 0. The molecule has 1 unspecified atom stereocenters. The highest BCUT2D eigenvalue weighted by molar-refractivity contribution is 8.00. The van der Waals surface area contributed by atoms with Crippen LogP contribution in [-0.2, 0) is 9.59 Å². The Morgan fingerprint density at radius 1 is 0.723 bits per heavy atom. The Balaban J connectivity index is 1.37. The molecule has 0 aromatic heterocycles. The van der Waals surface area contributed by atoms with Crippen LogP contribution in [0.15, 0.2) is 144 Å². The number of benzene rings is 5. The molecule has 0 aliphatic heterocycles. The van der Waals surface area contributed by atoms with Gasteiger partial charge in [0.05, 0.1) is 0 Å². The summed E-state index contributed by atoms with van der Waals surface area (Å²) in [4.78, 5) is 42.9. The van der Waals surface area contributed by atoms with Crippen molar-refractivity contribution < 1.29 is 18.8 Å². The summed E-state index contributed by atoms with van der Waals surface area (Å²) < 4.78 is 13.4. The topological polar surface area (TPSA) is 90.5 Å². The fraction of sp³-hybridized carbons (Fsp3) is 0.0789. The van der Waals surface area contributed by atoms with E-state index in [0.29, 0.717) is 16.9 Å². The molecule has 236 valence electrons. The first-order chi connectivity index (χ1) is 22.7. The molecule has 3 N–H and O–H groups in total. The fourth-order valence-electron chi connectivity index (χ4n) is 4.60. The quantitative estimate of drug-likeness (QED) is 0.101. The molecule has 5 aromatic rings. The summed E-state index contributed by atoms with van der Waals surface area (Å²) >= 11 is 1.31. The SMILES string of the molecule is CN(C)c1ccc(/C=C(/NC(=O)c2ccccc2)C(=O)Nc2cccc(SC(C(=O)Nc3ccc(F)cc3)c3ccccc3)c2)cc1. The number of rotatable bonds is 11. The maximum absolute atomic E-state index is 13.6. The molecule has 1 atom stereocenters. The van der Waals surface area contributed by atoms with Crippen LogP contribution in [0.1, 0.15) is 26.7 Å². The average molecular weight is 645 g/mol. The normalized spacial score (nSPS) is 11.7. The maximum Gasteiger partial charge on any atom is 0.272 e. The molecule has 0 aliphatic rings. The van der Waals surface area contributed by atoms with Gasteiger partial charge in [-0.1, -0.05) is 66.7 Å². The number of anilines is 3. The zero-order chi connectivity index (χ0) is 33.2. The van der Waals surface area contributed by atoms with Gasteiger partial charge in [-0.25, -0.2) is 4.39 Å². The molecule has 0 spiro atoms. The van der Waals surface area contributed by atoms with Gasteiger partial charge in [-0.15, -0.1) is 11.8 Å². The van der Waals surface area contributed by atoms with Crippen LogP contribution < -0.4 is 20.9 Å². The predicted molar refractivity (Wildman–Crippen MR) is 188 cm³/mol. The van der Waals surface area contributed by atoms with Crippen LogP contribution in [0.4, 0.5) is 21.5 Å². The number of halogens is 1. The first kappa shape index (κ1) is 32.7. The molecule has 9 heteroatoms. The Morgan fingerprint density at radius 2 is 1.38 bits per heavy atom. The van der Waals surface area contributed by atoms with Crippen LogP contribution in [0.2, 0.25) is 0 Å². The first-order valence-corrected chi connectivity index (χ1v) is 15.7. The van der Waals surface area contributed by atoms with Gasteiger partial charge in [0.15, 0.2) is 0 Å². The third kappa shape index (κ3) is 9.18. The lowest BCUT2D eigenvalue weighted by Crippen LogP contribution is -2.30. The highest BCUT2D eigenvalue weighted by Crippen LogP contribution is 2.37. The lowest BCUT2D eigenvalue weighted by Gasteiger charge is -2.18. The molecule has 5 rings (SSSR count). The number of carbonyl (C=O) groups is 3. The molecule has 0 aliphatic carbocycles. The van der Waals surface area contributed by atoms with Crippen molar-refractivity contribution in [1.82, 2.24) is 5.32 Å². The third-order valence-electron chi connectivity index (χ3n) is 7.05. The van der Waals surface area contributed by atoms with Gasteiger partial charge in [0, 0.05) is 41.6 Å². The van der Waals surface area contributed by atoms with Crippen molar-refractivity contribution in [1.29, 1.82) is 0 Å². The van der Waals surface area contributed by atoms with Gasteiger partial charge in [0.25, 0.3) is 11.8 Å². The molecule has 5 aromatic carbocycles. The number of hydrogen-bond donors (Lipinski definition) is 3. The van der Waals surface area contributed by atoms with E-state index in [2.05, 4.69) is 16.0 Å². The van der Waals surface area contributed by atoms with E-state index in [0.717, 1.165) is 21.7 Å². The van der Waals surface area contributed by atoms with E-state index in [-0.39, 0.29) is 11.6 Å². The van der Waals surface area contributed by atoms with Crippen LogP contribution >= 0.6 is 11.8 Å². The van der Waals surface area contributed by atoms with Gasteiger partial charge in [-0.05, 0) is 83.9 Å². The van der Waals surface area contributed by atoms with Crippen molar-refractivity contribution in [3.8, 4) is 0 Å². The molecule has 47 heavy (non-hydrogen) atoms. The Morgan fingerprint density at radius 3 is 2.04 bits per heavy atom. The van der Waals surface area contributed by atoms with E-state index >= 15 is 0 Å². The number of carbonyl (C=O) groups excluding carboxylic acids is 3. The number of hydrogen-bond acceptors (Lipinski definition) is 5. The second kappa shape index (κ2) is 15.6. The van der Waals surface area contributed by atoms with E-state index < -0.39 is 22.9 Å². The standard InChI is InChI=1S/C38H33FN4O3S/c1-43(2)32-22-16-26(17-23-32)24-34(42-36(44)28-12-7-4-8-13-28)37(45)41-31-14-9-15-33(25-31)47-35(27-10-5-3-6-11-27)38(46)40-30-20-18-29(39)19-21-30/h3-25,35H,1-2H3,(H,40,46)(H,41,45)(H,42,44)/b34-24+. The number of nitrogens with zero attached hydrogens (tertiary/aromatic N) is 1. The zero-order valence-electron chi connectivity index (χ0n) is 25.8. The molecule has 0 fully saturated rings. The minimum atomic E-state index is -0.641. The van der Waals surface area contributed by atoms with Crippen LogP contribution in [0, 0.1) is 5.82 Å². The average Bonchev–Trinajstić information content (AvgIpc) is 3.09. The third-order valence-corrected chi connectivity index (χ3v) is 8.30. The lowest BCUT2D eigenvalue weighted by atomic mass is 10.1. The maximum atomic E-state index is 13.6. The van der Waals surface area contributed by atoms with E-state index in [4.69, 9.17) is 0 Å². The van der Waals surface area contributed by atoms with Crippen molar-refractivity contribution in [3.63, 3.8) is 0 Å². The van der Waals surface area contributed by atoms with Crippen molar-refractivity contribution >= 4 is 52.6 Å². The number of thioether (sulfide) groups is 1. The largest absolute Gasteiger partial charge is 0.378 e. The van der Waals surface area contributed by atoms with Crippen LogP contribution in [0.3, 0.4) is 0 Å². The Labute approximate surface area is 277 Å². The molecule has 0 bridgehead atoms. The molecular weight excluding hydrogens is 612 g/mol. The van der Waals surface area contributed by atoms with Gasteiger partial charge in [-0.2, -0.15) is 0 Å². The molecular formula is C38H33FN4O3S. The fourth-order valence-corrected chi connectivity index (χ4v) is 5.68. The van der Waals surface area contributed by atoms with Gasteiger partial charge in [0.1, 0.15) is 16.8 Å². The summed E-state index contributed by atoms with van der Waals surface area (Å²) in [5.74, 6) is -1.60. The molecule has 7 nitrogen and oxygen atoms in total. The van der Waals surface area contributed by atoms with Crippen molar-refractivity contribution in [2.24, 2.45) is 0 Å². The summed E-state index contributed by atoms with van der Waals surface area (Å²) in [6, 6.07) is 38.3. The number of nitrogens with one attached hydrogen (secondary N) is 3. The molecule has 3 amide bonds. The lowest BCUT2D eigenvalue weighted by molar-refractivity contribution is -0.116. The summed E-state index contributed by atoms with van der Waals surface area (Å²) in [5.41, 5.74) is 3.95. The molecule has 0 saturated heterocycles. The molecule has 0 saturated carbocycles. The second-order valence-corrected chi connectivity index (χ2v) is 11.9. The second-order valence-electron chi connectivity index (χ2n) is 10.8. The van der Waals surface area contributed by atoms with Gasteiger partial charge >= 0.3 is 0 Å². The first-order valence-electron chi connectivity index (χ1n) is 14.8. The Hall–Kier alpha value is -5.67. The van der Waals surface area contributed by atoms with Crippen molar-refractivity contribution in [3.05, 3.63) is 162 Å². The van der Waals surface area contributed by atoms with Gasteiger partial charge in [0.2, 0.25) is 5.91 Å². The minimum Gasteiger partial charge on any atom is -0.378 e. The number of amides is 3. The Bertz CT molecular complexity index is 1860. The summed E-state index contributed by atoms with van der Waals surface area (Å²) in [7, 11) is 3.88. The van der Waals surface area contributed by atoms with Crippen LogP contribution in [0.25, 0.3) is 6.08 Å². The zero-order valence-corrected chi connectivity index (χ0v) is 26.6. The van der Waals surface area contributed by atoms with E-state index in [1.165, 1.54) is 36.0 Å². The van der Waals surface area contributed by atoms with E-state index in [1.54, 1.807) is 48.5 Å². The smallest absolute Gasteiger partial charge is 0.272 e. The predicted octanol–water partition coefficient (Wildman–Crippen LogP) is 7.77.